The molecule has 9 heteroatoms. The molecule has 0 saturated carbocycles. The summed E-state index contributed by atoms with van der Waals surface area (Å²) in [6, 6.07) is 20.7. The molecule has 0 atom stereocenters. The smallest absolute Gasteiger partial charge is 0.295 e. The number of aromatic nitrogens is 1. The van der Waals surface area contributed by atoms with Crippen molar-refractivity contribution >= 4 is 38.0 Å². The number of nitrogens with one attached hydrogen (secondary N) is 2. The van der Waals surface area contributed by atoms with E-state index in [1.54, 1.807) is 60.8 Å². The Balaban J connectivity index is 1.61. The van der Waals surface area contributed by atoms with Crippen LogP contribution in [0, 0.1) is 11.3 Å². The normalized spacial score (nSPS) is 11.1. The predicted octanol–water partition coefficient (Wildman–Crippen LogP) is 4.04. The van der Waals surface area contributed by atoms with Crippen molar-refractivity contribution in [3.63, 3.8) is 0 Å². The van der Waals surface area contributed by atoms with Gasteiger partial charge in [0.2, 0.25) is 0 Å². The molecule has 0 radical (unpaired) electrons. The van der Waals surface area contributed by atoms with Gasteiger partial charge in [0.05, 0.1) is 40.6 Å². The van der Waals surface area contributed by atoms with Crippen LogP contribution in [-0.4, -0.2) is 18.0 Å². The van der Waals surface area contributed by atoms with Crippen LogP contribution in [0.5, 0.6) is 0 Å². The van der Waals surface area contributed by atoms with E-state index < -0.39 is 10.1 Å². The molecule has 31 heavy (non-hydrogen) atoms. The molecule has 3 aromatic carbocycles. The fraction of sp³-hybridized carbons (Fsp3) is 0. The molecule has 0 fully saturated rings. The quantitative estimate of drug-likeness (QED) is 0.211. The van der Waals surface area contributed by atoms with Crippen LogP contribution in [-0.2, 0) is 10.1 Å². The van der Waals surface area contributed by atoms with Gasteiger partial charge >= 0.3 is 0 Å². The molecule has 1 heterocycles. The number of nitriles is 1. The van der Waals surface area contributed by atoms with Gasteiger partial charge in [-0.2, -0.15) is 13.7 Å². The zero-order valence-electron chi connectivity index (χ0n) is 16.1. The van der Waals surface area contributed by atoms with Crippen molar-refractivity contribution in [2.24, 2.45) is 0 Å². The monoisotopic (exact) mass is 431 g/mol. The third kappa shape index (κ3) is 4.11. The average Bonchev–Trinajstić information content (AvgIpc) is 2.78. The minimum atomic E-state index is -4.45. The summed E-state index contributed by atoms with van der Waals surface area (Å²) in [6.45, 7) is 0. The fourth-order valence-corrected chi connectivity index (χ4v) is 3.93. The van der Waals surface area contributed by atoms with Crippen LogP contribution >= 0.6 is 0 Å². The lowest BCUT2D eigenvalue weighted by Crippen LogP contribution is -2.12. The van der Waals surface area contributed by atoms with Gasteiger partial charge in [0.15, 0.2) is 0 Å². The van der Waals surface area contributed by atoms with Crippen molar-refractivity contribution in [3.8, 4) is 17.3 Å². The van der Waals surface area contributed by atoms with Crippen molar-refractivity contribution in [2.75, 3.05) is 16.6 Å². The van der Waals surface area contributed by atoms with Crippen molar-refractivity contribution in [3.05, 3.63) is 78.5 Å². The minimum absolute atomic E-state index is 0.243. The summed E-state index contributed by atoms with van der Waals surface area (Å²) in [6.07, 6.45) is 1.59. The van der Waals surface area contributed by atoms with Gasteiger partial charge in [0, 0.05) is 16.3 Å². The lowest BCUT2D eigenvalue weighted by atomic mass is 10.1. The van der Waals surface area contributed by atoms with Gasteiger partial charge in [0.1, 0.15) is 4.90 Å². The van der Waals surface area contributed by atoms with Gasteiger partial charge in [-0.25, -0.2) is 0 Å². The molecule has 4 aromatic rings. The number of rotatable bonds is 5. The number of benzene rings is 3. The molecule has 5 N–H and O–H groups in total. The number of nitrogens with two attached hydrogens (primary N) is 1. The van der Waals surface area contributed by atoms with Crippen molar-refractivity contribution < 1.29 is 13.0 Å². The fourth-order valence-electron chi connectivity index (χ4n) is 3.21. The zero-order valence-corrected chi connectivity index (χ0v) is 16.9. The number of pyridine rings is 1. The van der Waals surface area contributed by atoms with Gasteiger partial charge < -0.3 is 5.73 Å². The molecule has 154 valence electrons. The van der Waals surface area contributed by atoms with E-state index in [0.29, 0.717) is 33.4 Å². The lowest BCUT2D eigenvalue weighted by Gasteiger charge is -2.15. The molecular formula is C22H17N5O3S. The van der Waals surface area contributed by atoms with Crippen molar-refractivity contribution in [1.29, 1.82) is 5.26 Å². The van der Waals surface area contributed by atoms with Gasteiger partial charge in [-0.3, -0.25) is 20.4 Å². The molecule has 1 aromatic heterocycles. The maximum Gasteiger partial charge on any atom is 0.295 e. The molecule has 4 rings (SSSR count). The number of nitrogens with zero attached hydrogens (tertiary/aromatic N) is 2. The van der Waals surface area contributed by atoms with Gasteiger partial charge in [0.25, 0.3) is 10.1 Å². The van der Waals surface area contributed by atoms with Crippen LogP contribution in [0.3, 0.4) is 0 Å². The van der Waals surface area contributed by atoms with E-state index in [9.17, 15) is 13.0 Å². The molecule has 0 unspecified atom stereocenters. The summed E-state index contributed by atoms with van der Waals surface area (Å²) in [4.78, 5) is 4.14. The molecule has 0 spiro atoms. The molecule has 0 saturated heterocycles. The Labute approximate surface area is 178 Å². The Hall–Kier alpha value is -4.13. The van der Waals surface area contributed by atoms with Crippen molar-refractivity contribution in [2.45, 2.75) is 4.90 Å². The van der Waals surface area contributed by atoms with Gasteiger partial charge in [-0.05, 0) is 30.3 Å². The van der Waals surface area contributed by atoms with E-state index in [4.69, 9.17) is 11.0 Å². The summed E-state index contributed by atoms with van der Waals surface area (Å²) in [5, 5.41) is 9.86. The van der Waals surface area contributed by atoms with Crippen LogP contribution in [0.25, 0.3) is 22.0 Å². The number of hydrogen-bond acceptors (Lipinski definition) is 7. The summed E-state index contributed by atoms with van der Waals surface area (Å²) in [7, 11) is -4.45. The maximum atomic E-state index is 11.8. The molecular weight excluding hydrogens is 414 g/mol. The molecule has 0 bridgehead atoms. The van der Waals surface area contributed by atoms with Crippen LogP contribution in [0.1, 0.15) is 5.56 Å². The van der Waals surface area contributed by atoms with E-state index in [1.807, 2.05) is 6.07 Å². The number of nitrogen functional groups attached to an aromatic ring is 1. The Kier molecular flexibility index (Phi) is 5.17. The molecule has 0 aliphatic heterocycles. The van der Waals surface area contributed by atoms with E-state index in [2.05, 4.69) is 21.9 Å². The Morgan fingerprint density at radius 1 is 0.968 bits per heavy atom. The van der Waals surface area contributed by atoms with E-state index in [0.717, 1.165) is 5.56 Å². The second-order valence-electron chi connectivity index (χ2n) is 6.73. The number of anilines is 3. The lowest BCUT2D eigenvalue weighted by molar-refractivity contribution is 0.484. The van der Waals surface area contributed by atoms with Crippen LogP contribution in [0.2, 0.25) is 0 Å². The summed E-state index contributed by atoms with van der Waals surface area (Å²) in [5.41, 5.74) is 15.3. The Morgan fingerprint density at radius 3 is 2.42 bits per heavy atom. The predicted molar refractivity (Wildman–Crippen MR) is 120 cm³/mol. The van der Waals surface area contributed by atoms with Crippen LogP contribution < -0.4 is 16.6 Å². The standard InChI is InChI=1S/C22H17N5O3S/c23-12-14-4-3-5-15(10-14)19-9-8-16(13-25-19)26-27-20-11-21(31(28,29)30)17-6-1-2-7-18(17)22(20)24/h1-11,13,26-27H,24H2,(H,28,29,30). The summed E-state index contributed by atoms with van der Waals surface area (Å²) < 4.78 is 33.3. The summed E-state index contributed by atoms with van der Waals surface area (Å²) >= 11 is 0. The first kappa shape index (κ1) is 20.2. The highest BCUT2D eigenvalue weighted by molar-refractivity contribution is 7.86. The Morgan fingerprint density at radius 2 is 1.74 bits per heavy atom. The first-order valence-electron chi connectivity index (χ1n) is 9.14. The van der Waals surface area contributed by atoms with Crippen molar-refractivity contribution in [1.82, 2.24) is 4.98 Å². The first-order valence-corrected chi connectivity index (χ1v) is 10.6. The van der Waals surface area contributed by atoms with E-state index in [1.165, 1.54) is 6.07 Å². The summed E-state index contributed by atoms with van der Waals surface area (Å²) in [5.74, 6) is 0. The van der Waals surface area contributed by atoms with Crippen LogP contribution in [0.4, 0.5) is 17.1 Å². The largest absolute Gasteiger partial charge is 0.396 e. The third-order valence-electron chi connectivity index (χ3n) is 4.72. The SMILES string of the molecule is N#Cc1cccc(-c2ccc(NNc3cc(S(=O)(=O)O)c4ccccc4c3N)cn2)c1. The number of fused-ring (bicyclic) bond motifs is 1. The first-order chi connectivity index (χ1) is 14.9. The van der Waals surface area contributed by atoms with E-state index in [-0.39, 0.29) is 10.6 Å². The highest BCUT2D eigenvalue weighted by Gasteiger charge is 2.18. The second kappa shape index (κ2) is 7.95. The third-order valence-corrected chi connectivity index (χ3v) is 5.61. The number of hydrazine groups is 1. The average molecular weight is 431 g/mol. The van der Waals surface area contributed by atoms with Crippen LogP contribution in [0.15, 0.2) is 77.8 Å². The zero-order chi connectivity index (χ0) is 22.0. The molecule has 8 nitrogen and oxygen atoms in total. The highest BCUT2D eigenvalue weighted by Crippen LogP contribution is 2.34. The molecule has 0 aliphatic carbocycles. The second-order valence-corrected chi connectivity index (χ2v) is 8.12. The number of hydrogen-bond donors (Lipinski definition) is 4. The van der Waals surface area contributed by atoms with Gasteiger partial charge in [-0.15, -0.1) is 0 Å². The highest BCUT2D eigenvalue weighted by atomic mass is 32.2. The Bertz CT molecular complexity index is 1430. The molecule has 0 aliphatic rings. The molecule has 0 amide bonds. The maximum absolute atomic E-state index is 11.8. The van der Waals surface area contributed by atoms with Gasteiger partial charge in [-0.1, -0.05) is 36.4 Å². The topological polar surface area (TPSA) is 141 Å². The van der Waals surface area contributed by atoms with E-state index >= 15 is 0 Å². The minimum Gasteiger partial charge on any atom is -0.396 e.